The third-order valence-corrected chi connectivity index (χ3v) is 6.50. The Hall–Kier alpha value is -2.45. The maximum Gasteiger partial charge on any atom is 0.191 e. The highest BCUT2D eigenvalue weighted by Crippen LogP contribution is 2.36. The Morgan fingerprint density at radius 3 is 2.87 bits per heavy atom. The second kappa shape index (κ2) is 9.78. The predicted molar refractivity (Wildman–Crippen MR) is 120 cm³/mol. The average molecular weight is 427 g/mol. The number of guanidine groups is 1. The molecule has 8 nitrogen and oxygen atoms in total. The average Bonchev–Trinajstić information content (AvgIpc) is 3.19. The molecule has 1 atom stereocenters. The molecule has 0 saturated carbocycles. The summed E-state index contributed by atoms with van der Waals surface area (Å²) >= 11 is 0. The molecule has 1 unspecified atom stereocenters. The van der Waals surface area contributed by atoms with Gasteiger partial charge >= 0.3 is 0 Å². The van der Waals surface area contributed by atoms with Crippen LogP contribution in [-0.4, -0.2) is 60.7 Å². The fourth-order valence-corrected chi connectivity index (χ4v) is 4.78. The summed E-state index contributed by atoms with van der Waals surface area (Å²) < 4.78 is 12.9. The molecule has 1 fully saturated rings. The lowest BCUT2D eigenvalue weighted by atomic mass is 9.72. The molecular formula is C23H34N6O2. The van der Waals surface area contributed by atoms with E-state index in [2.05, 4.69) is 56.9 Å². The van der Waals surface area contributed by atoms with Crippen molar-refractivity contribution in [2.24, 2.45) is 4.99 Å². The molecule has 0 bridgehead atoms. The zero-order valence-electron chi connectivity index (χ0n) is 18.9. The van der Waals surface area contributed by atoms with E-state index < -0.39 is 0 Å². The smallest absolute Gasteiger partial charge is 0.191 e. The molecule has 4 rings (SSSR count). The fourth-order valence-electron chi connectivity index (χ4n) is 4.78. The van der Waals surface area contributed by atoms with Gasteiger partial charge in [-0.05, 0) is 37.3 Å². The normalized spacial score (nSPS) is 20.9. The summed E-state index contributed by atoms with van der Waals surface area (Å²) in [5.41, 5.74) is 2.81. The summed E-state index contributed by atoms with van der Waals surface area (Å²) in [6.07, 6.45) is 3.92. The maximum absolute atomic E-state index is 5.70. The first-order valence-electron chi connectivity index (χ1n) is 11.2. The first-order valence-corrected chi connectivity index (χ1v) is 11.2. The molecule has 31 heavy (non-hydrogen) atoms. The van der Waals surface area contributed by atoms with Gasteiger partial charge in [0.25, 0.3) is 0 Å². The van der Waals surface area contributed by atoms with E-state index in [0.29, 0.717) is 6.61 Å². The SMILES string of the molecule is CN=C(NCC1(c2ccccc2C)CCOCC1)NC1CCc2nc(COC)nn2C1. The van der Waals surface area contributed by atoms with Crippen molar-refractivity contribution < 1.29 is 9.47 Å². The number of hydrogen-bond acceptors (Lipinski definition) is 5. The van der Waals surface area contributed by atoms with Gasteiger partial charge < -0.3 is 20.1 Å². The number of hydrogen-bond donors (Lipinski definition) is 2. The first kappa shape index (κ1) is 21.8. The molecule has 2 N–H and O–H groups in total. The van der Waals surface area contributed by atoms with Crippen molar-refractivity contribution >= 4 is 5.96 Å². The molecule has 0 spiro atoms. The van der Waals surface area contributed by atoms with Crippen LogP contribution in [0.5, 0.6) is 0 Å². The molecule has 2 aromatic rings. The number of aryl methyl sites for hydroxylation is 2. The lowest BCUT2D eigenvalue weighted by molar-refractivity contribution is 0.0511. The van der Waals surface area contributed by atoms with Gasteiger partial charge in [0.1, 0.15) is 12.4 Å². The fraction of sp³-hybridized carbons (Fsp3) is 0.609. The summed E-state index contributed by atoms with van der Waals surface area (Å²) in [4.78, 5) is 9.07. The van der Waals surface area contributed by atoms with E-state index in [4.69, 9.17) is 9.47 Å². The minimum absolute atomic E-state index is 0.0574. The summed E-state index contributed by atoms with van der Waals surface area (Å²) in [6, 6.07) is 8.99. The number of nitrogens with one attached hydrogen (secondary N) is 2. The van der Waals surface area contributed by atoms with Crippen LogP contribution in [0.25, 0.3) is 0 Å². The van der Waals surface area contributed by atoms with Gasteiger partial charge in [0, 0.05) is 51.8 Å². The number of benzene rings is 1. The van der Waals surface area contributed by atoms with Crippen molar-refractivity contribution in [3.63, 3.8) is 0 Å². The van der Waals surface area contributed by atoms with E-state index >= 15 is 0 Å². The lowest BCUT2D eigenvalue weighted by Crippen LogP contribution is -2.51. The Labute approximate surface area is 184 Å². The van der Waals surface area contributed by atoms with Crippen molar-refractivity contribution in [3.05, 3.63) is 47.0 Å². The molecule has 2 aliphatic heterocycles. The molecule has 168 valence electrons. The Kier molecular flexibility index (Phi) is 6.87. The third-order valence-electron chi connectivity index (χ3n) is 6.50. The summed E-state index contributed by atoms with van der Waals surface area (Å²) in [5, 5.41) is 11.8. The van der Waals surface area contributed by atoms with Crippen molar-refractivity contribution in [3.8, 4) is 0 Å². The zero-order valence-corrected chi connectivity index (χ0v) is 18.9. The van der Waals surface area contributed by atoms with Gasteiger partial charge in [0.2, 0.25) is 0 Å². The van der Waals surface area contributed by atoms with Crippen LogP contribution in [0.1, 0.15) is 42.0 Å². The van der Waals surface area contributed by atoms with E-state index in [-0.39, 0.29) is 11.5 Å². The van der Waals surface area contributed by atoms with Gasteiger partial charge in [-0.3, -0.25) is 4.99 Å². The van der Waals surface area contributed by atoms with Gasteiger partial charge in [0.15, 0.2) is 11.8 Å². The van der Waals surface area contributed by atoms with E-state index in [9.17, 15) is 0 Å². The van der Waals surface area contributed by atoms with E-state index in [1.54, 1.807) is 7.11 Å². The topological polar surface area (TPSA) is 85.6 Å². The van der Waals surface area contributed by atoms with Crippen LogP contribution in [0.4, 0.5) is 0 Å². The van der Waals surface area contributed by atoms with Crippen molar-refractivity contribution in [1.82, 2.24) is 25.4 Å². The lowest BCUT2D eigenvalue weighted by Gasteiger charge is -2.39. The van der Waals surface area contributed by atoms with Crippen LogP contribution >= 0.6 is 0 Å². The van der Waals surface area contributed by atoms with E-state index in [1.807, 2.05) is 11.7 Å². The summed E-state index contributed by atoms with van der Waals surface area (Å²) in [7, 11) is 3.50. The number of ether oxygens (including phenoxy) is 2. The van der Waals surface area contributed by atoms with Gasteiger partial charge in [-0.15, -0.1) is 0 Å². The molecule has 0 radical (unpaired) electrons. The van der Waals surface area contributed by atoms with E-state index in [1.165, 1.54) is 11.1 Å². The number of fused-ring (bicyclic) bond motifs is 1. The molecule has 0 aliphatic carbocycles. The number of methoxy groups -OCH3 is 1. The Balaban J connectivity index is 1.41. The third kappa shape index (κ3) is 4.91. The van der Waals surface area contributed by atoms with Gasteiger partial charge in [0.05, 0.1) is 6.54 Å². The summed E-state index contributed by atoms with van der Waals surface area (Å²) in [6.45, 7) is 5.86. The van der Waals surface area contributed by atoms with Gasteiger partial charge in [-0.25, -0.2) is 9.67 Å². The van der Waals surface area contributed by atoms with Crippen LogP contribution < -0.4 is 10.6 Å². The number of nitrogens with zero attached hydrogens (tertiary/aromatic N) is 4. The van der Waals surface area contributed by atoms with Crippen LogP contribution in [0.3, 0.4) is 0 Å². The van der Waals surface area contributed by atoms with Crippen molar-refractivity contribution in [2.75, 3.05) is 33.9 Å². The minimum Gasteiger partial charge on any atom is -0.381 e. The first-order chi connectivity index (χ1) is 15.1. The zero-order chi connectivity index (χ0) is 21.7. The van der Waals surface area contributed by atoms with Gasteiger partial charge in [-0.2, -0.15) is 5.10 Å². The standard InChI is InChI=1S/C23H34N6O2/c1-17-6-4-5-7-19(17)23(10-12-31-13-11-23)16-25-22(24-2)26-18-8-9-21-27-20(15-30-3)28-29(21)14-18/h4-7,18H,8-16H2,1-3H3,(H2,24,25,26). The molecule has 0 amide bonds. The molecule has 1 saturated heterocycles. The monoisotopic (exact) mass is 426 g/mol. The maximum atomic E-state index is 5.70. The van der Waals surface area contributed by atoms with Crippen LogP contribution in [-0.2, 0) is 34.5 Å². The minimum atomic E-state index is 0.0574. The Morgan fingerprint density at radius 1 is 1.32 bits per heavy atom. The molecular weight excluding hydrogens is 392 g/mol. The summed E-state index contributed by atoms with van der Waals surface area (Å²) in [5.74, 6) is 2.62. The highest BCUT2D eigenvalue weighted by molar-refractivity contribution is 5.80. The number of aliphatic imine (C=N–C) groups is 1. The van der Waals surface area contributed by atoms with Crippen LogP contribution in [0, 0.1) is 6.92 Å². The molecule has 1 aromatic heterocycles. The van der Waals surface area contributed by atoms with Crippen LogP contribution in [0.15, 0.2) is 29.3 Å². The van der Waals surface area contributed by atoms with Gasteiger partial charge in [-0.1, -0.05) is 24.3 Å². The largest absolute Gasteiger partial charge is 0.381 e. The van der Waals surface area contributed by atoms with E-state index in [0.717, 1.165) is 69.6 Å². The second-order valence-corrected chi connectivity index (χ2v) is 8.57. The number of aromatic nitrogens is 3. The Bertz CT molecular complexity index is 903. The van der Waals surface area contributed by atoms with Crippen molar-refractivity contribution in [2.45, 2.75) is 57.2 Å². The van der Waals surface area contributed by atoms with Crippen LogP contribution in [0.2, 0.25) is 0 Å². The molecule has 3 heterocycles. The molecule has 8 heteroatoms. The predicted octanol–water partition coefficient (Wildman–Crippen LogP) is 1.96. The highest BCUT2D eigenvalue weighted by atomic mass is 16.5. The molecule has 1 aromatic carbocycles. The Morgan fingerprint density at radius 2 is 2.13 bits per heavy atom. The quantitative estimate of drug-likeness (QED) is 0.543. The van der Waals surface area contributed by atoms with Crippen molar-refractivity contribution in [1.29, 1.82) is 0 Å². The molecule has 2 aliphatic rings. The number of rotatable bonds is 6. The highest BCUT2D eigenvalue weighted by Gasteiger charge is 2.35. The second-order valence-electron chi connectivity index (χ2n) is 8.57.